The van der Waals surface area contributed by atoms with E-state index in [1.807, 2.05) is 6.92 Å². The molecule has 25 heavy (non-hydrogen) atoms. The molecule has 0 aromatic heterocycles. The SMILES string of the molecule is COC(C)CNC(=O)c1cccc(F)c1C(=N)/C=C(\N)C1CCCC1. The molecule has 1 aliphatic rings. The van der Waals surface area contributed by atoms with Gasteiger partial charge in [-0.3, -0.25) is 4.79 Å². The average Bonchev–Trinajstić information content (AvgIpc) is 3.13. The molecule has 1 unspecified atom stereocenters. The molecule has 1 amide bonds. The van der Waals surface area contributed by atoms with Gasteiger partial charge in [-0.05, 0) is 43.9 Å². The number of rotatable bonds is 7. The molecule has 0 heterocycles. The zero-order valence-corrected chi connectivity index (χ0v) is 14.8. The predicted octanol–water partition coefficient (Wildman–Crippen LogP) is 2.99. The third-order valence-corrected chi connectivity index (χ3v) is 4.62. The Labute approximate surface area is 147 Å². The van der Waals surface area contributed by atoms with E-state index in [0.717, 1.165) is 25.7 Å². The fourth-order valence-electron chi connectivity index (χ4n) is 3.02. The van der Waals surface area contributed by atoms with Crippen LogP contribution in [0.4, 0.5) is 4.39 Å². The first-order valence-electron chi connectivity index (χ1n) is 8.59. The van der Waals surface area contributed by atoms with Crippen molar-refractivity contribution < 1.29 is 13.9 Å². The number of nitrogens with one attached hydrogen (secondary N) is 2. The Hall–Kier alpha value is -2.21. The number of benzene rings is 1. The summed E-state index contributed by atoms with van der Waals surface area (Å²) >= 11 is 0. The second kappa shape index (κ2) is 8.76. The van der Waals surface area contributed by atoms with Crippen molar-refractivity contribution in [3.05, 3.63) is 46.9 Å². The molecule has 1 aromatic rings. The van der Waals surface area contributed by atoms with Crippen LogP contribution in [0.3, 0.4) is 0 Å². The molecule has 1 atom stereocenters. The maximum Gasteiger partial charge on any atom is 0.252 e. The zero-order valence-electron chi connectivity index (χ0n) is 14.8. The normalized spacial score (nSPS) is 16.7. The second-order valence-electron chi connectivity index (χ2n) is 6.46. The first-order valence-corrected chi connectivity index (χ1v) is 8.59. The molecule has 6 heteroatoms. The van der Waals surface area contributed by atoms with Crippen LogP contribution < -0.4 is 11.1 Å². The number of carbonyl (C=O) groups is 1. The number of allylic oxidation sites excluding steroid dienone is 2. The Bertz CT molecular complexity index is 667. The summed E-state index contributed by atoms with van der Waals surface area (Å²) in [5.41, 5.74) is 6.71. The van der Waals surface area contributed by atoms with Gasteiger partial charge in [0.15, 0.2) is 0 Å². The van der Waals surface area contributed by atoms with E-state index in [0.29, 0.717) is 12.2 Å². The maximum atomic E-state index is 14.3. The van der Waals surface area contributed by atoms with Crippen LogP contribution in [0.5, 0.6) is 0 Å². The number of ether oxygens (including phenoxy) is 1. The van der Waals surface area contributed by atoms with E-state index in [-0.39, 0.29) is 28.9 Å². The third kappa shape index (κ3) is 4.89. The highest BCUT2D eigenvalue weighted by molar-refractivity contribution is 6.14. The van der Waals surface area contributed by atoms with Crippen LogP contribution in [-0.4, -0.2) is 31.4 Å². The summed E-state index contributed by atoms with van der Waals surface area (Å²) in [4.78, 5) is 12.4. The minimum atomic E-state index is -0.604. The third-order valence-electron chi connectivity index (χ3n) is 4.62. The highest BCUT2D eigenvalue weighted by atomic mass is 19.1. The van der Waals surface area contributed by atoms with Crippen molar-refractivity contribution in [3.63, 3.8) is 0 Å². The van der Waals surface area contributed by atoms with Crippen molar-refractivity contribution in [2.75, 3.05) is 13.7 Å². The molecule has 4 N–H and O–H groups in total. The van der Waals surface area contributed by atoms with Gasteiger partial charge in [0.05, 0.1) is 17.4 Å². The van der Waals surface area contributed by atoms with Crippen LogP contribution in [0, 0.1) is 17.1 Å². The lowest BCUT2D eigenvalue weighted by Gasteiger charge is -2.14. The molecular formula is C19H26FN3O2. The minimum absolute atomic E-state index is 0.0222. The average molecular weight is 347 g/mol. The molecule has 0 spiro atoms. The molecule has 5 nitrogen and oxygen atoms in total. The number of halogens is 1. The number of carbonyl (C=O) groups excluding carboxylic acids is 1. The van der Waals surface area contributed by atoms with E-state index in [9.17, 15) is 9.18 Å². The molecule has 1 saturated carbocycles. The van der Waals surface area contributed by atoms with Gasteiger partial charge >= 0.3 is 0 Å². The highest BCUT2D eigenvalue weighted by Gasteiger charge is 2.21. The Morgan fingerprint density at radius 1 is 1.48 bits per heavy atom. The monoisotopic (exact) mass is 347 g/mol. The van der Waals surface area contributed by atoms with Gasteiger partial charge in [-0.2, -0.15) is 0 Å². The van der Waals surface area contributed by atoms with E-state index in [1.165, 1.54) is 24.3 Å². The second-order valence-corrected chi connectivity index (χ2v) is 6.46. The van der Waals surface area contributed by atoms with Gasteiger partial charge < -0.3 is 21.2 Å². The van der Waals surface area contributed by atoms with Crippen molar-refractivity contribution in [3.8, 4) is 0 Å². The largest absolute Gasteiger partial charge is 0.402 e. The number of nitrogens with two attached hydrogens (primary N) is 1. The quantitative estimate of drug-likeness (QED) is 0.663. The van der Waals surface area contributed by atoms with Crippen molar-refractivity contribution in [1.29, 1.82) is 5.41 Å². The molecule has 0 bridgehead atoms. The van der Waals surface area contributed by atoms with Crippen molar-refractivity contribution in [2.45, 2.75) is 38.7 Å². The summed E-state index contributed by atoms with van der Waals surface area (Å²) in [5, 5.41) is 11.0. The van der Waals surface area contributed by atoms with Gasteiger partial charge in [0.1, 0.15) is 5.82 Å². The van der Waals surface area contributed by atoms with Gasteiger partial charge in [0, 0.05) is 24.9 Å². The molecule has 1 aliphatic carbocycles. The van der Waals surface area contributed by atoms with Crippen molar-refractivity contribution in [1.82, 2.24) is 5.32 Å². The van der Waals surface area contributed by atoms with Gasteiger partial charge in [0.25, 0.3) is 5.91 Å². The number of amides is 1. The molecule has 1 fully saturated rings. The number of methoxy groups -OCH3 is 1. The van der Waals surface area contributed by atoms with Gasteiger partial charge in [0.2, 0.25) is 0 Å². The molecular weight excluding hydrogens is 321 g/mol. The van der Waals surface area contributed by atoms with Crippen LogP contribution in [0.2, 0.25) is 0 Å². The Kier molecular flexibility index (Phi) is 6.70. The number of hydrogen-bond donors (Lipinski definition) is 3. The summed E-state index contributed by atoms with van der Waals surface area (Å²) < 4.78 is 19.4. The van der Waals surface area contributed by atoms with E-state index >= 15 is 0 Å². The lowest BCUT2D eigenvalue weighted by atomic mass is 9.97. The first kappa shape index (κ1) is 19.1. The summed E-state index contributed by atoms with van der Waals surface area (Å²) in [6, 6.07) is 4.22. The van der Waals surface area contributed by atoms with Crippen LogP contribution in [-0.2, 0) is 4.74 Å². The molecule has 0 saturated heterocycles. The molecule has 2 rings (SSSR count). The number of hydrogen-bond acceptors (Lipinski definition) is 4. The van der Waals surface area contributed by atoms with Gasteiger partial charge in [-0.1, -0.05) is 18.9 Å². The highest BCUT2D eigenvalue weighted by Crippen LogP contribution is 2.29. The molecule has 136 valence electrons. The van der Waals surface area contributed by atoms with Crippen LogP contribution in [0.25, 0.3) is 0 Å². The van der Waals surface area contributed by atoms with E-state index < -0.39 is 11.7 Å². The van der Waals surface area contributed by atoms with Gasteiger partial charge in [-0.15, -0.1) is 0 Å². The fourth-order valence-corrected chi connectivity index (χ4v) is 3.02. The Morgan fingerprint density at radius 3 is 2.80 bits per heavy atom. The first-order chi connectivity index (χ1) is 11.9. The maximum absolute atomic E-state index is 14.3. The molecule has 0 aliphatic heterocycles. The topological polar surface area (TPSA) is 88.2 Å². The predicted molar refractivity (Wildman–Crippen MR) is 96.3 cm³/mol. The van der Waals surface area contributed by atoms with Crippen LogP contribution >= 0.6 is 0 Å². The van der Waals surface area contributed by atoms with Crippen LogP contribution in [0.1, 0.15) is 48.5 Å². The molecule has 1 aromatic carbocycles. The van der Waals surface area contributed by atoms with Crippen LogP contribution in [0.15, 0.2) is 30.0 Å². The summed E-state index contributed by atoms with van der Waals surface area (Å²) in [7, 11) is 1.55. The smallest absolute Gasteiger partial charge is 0.252 e. The molecule has 0 radical (unpaired) electrons. The van der Waals surface area contributed by atoms with E-state index in [1.54, 1.807) is 7.11 Å². The zero-order chi connectivity index (χ0) is 18.4. The lowest BCUT2D eigenvalue weighted by molar-refractivity contribution is 0.0870. The summed E-state index contributed by atoms with van der Waals surface area (Å²) in [6.45, 7) is 2.12. The van der Waals surface area contributed by atoms with E-state index in [2.05, 4.69) is 5.32 Å². The van der Waals surface area contributed by atoms with Crippen molar-refractivity contribution in [2.24, 2.45) is 11.7 Å². The van der Waals surface area contributed by atoms with E-state index in [4.69, 9.17) is 15.9 Å². The summed E-state index contributed by atoms with van der Waals surface area (Å²) in [5.74, 6) is -0.796. The minimum Gasteiger partial charge on any atom is -0.402 e. The van der Waals surface area contributed by atoms with Crippen molar-refractivity contribution >= 4 is 11.6 Å². The Balaban J connectivity index is 2.23. The van der Waals surface area contributed by atoms with Gasteiger partial charge in [-0.25, -0.2) is 4.39 Å². The fraction of sp³-hybridized carbons (Fsp3) is 0.474. The lowest BCUT2D eigenvalue weighted by Crippen LogP contribution is -2.32. The Morgan fingerprint density at radius 2 is 2.16 bits per heavy atom. The summed E-state index contributed by atoms with van der Waals surface area (Å²) in [6.07, 6.45) is 5.57. The standard InChI is InChI=1S/C19H26FN3O2/c1-12(25-2)11-23-19(24)14-8-5-9-15(20)18(14)17(22)10-16(21)13-6-3-4-7-13/h5,8-10,12-13,22H,3-4,6-7,11,21H2,1-2H3,(H,23,24)/b16-10-,22-17?.